The first-order valence-corrected chi connectivity index (χ1v) is 8.10. The molecular formula is C15H17N3OS2. The predicted molar refractivity (Wildman–Crippen MR) is 88.4 cm³/mol. The highest BCUT2D eigenvalue weighted by Gasteiger charge is 2.39. The van der Waals surface area contributed by atoms with E-state index >= 15 is 0 Å². The number of hydrogen-bond acceptors (Lipinski definition) is 4. The topological polar surface area (TPSA) is 37.4 Å². The fraction of sp³-hybridized carbons (Fsp3) is 0.333. The fourth-order valence-electron chi connectivity index (χ4n) is 2.60. The van der Waals surface area contributed by atoms with Gasteiger partial charge in [0.2, 0.25) is 0 Å². The summed E-state index contributed by atoms with van der Waals surface area (Å²) in [5, 5.41) is 6.28. The van der Waals surface area contributed by atoms with Crippen LogP contribution in [0.25, 0.3) is 0 Å². The van der Waals surface area contributed by atoms with Gasteiger partial charge in [-0.1, -0.05) is 12.1 Å². The number of pyridine rings is 1. The molecule has 110 valence electrons. The molecule has 0 bridgehead atoms. The summed E-state index contributed by atoms with van der Waals surface area (Å²) in [6.45, 7) is 1.42. The van der Waals surface area contributed by atoms with Gasteiger partial charge >= 0.3 is 0 Å². The minimum Gasteiger partial charge on any atom is -0.383 e. The lowest BCUT2D eigenvalue weighted by Gasteiger charge is -2.26. The summed E-state index contributed by atoms with van der Waals surface area (Å²) in [5.41, 5.74) is 1.01. The Hall–Kier alpha value is -1.50. The number of thiocarbonyl (C=S) groups is 1. The Morgan fingerprint density at radius 3 is 2.95 bits per heavy atom. The Kier molecular flexibility index (Phi) is 4.48. The van der Waals surface area contributed by atoms with Gasteiger partial charge in [0, 0.05) is 24.7 Å². The number of rotatable bonds is 5. The zero-order valence-corrected chi connectivity index (χ0v) is 13.4. The third kappa shape index (κ3) is 2.92. The number of ether oxygens (including phenoxy) is 1. The molecule has 0 unspecified atom stereocenters. The third-order valence-corrected chi connectivity index (χ3v) is 4.86. The Balaban J connectivity index is 1.94. The summed E-state index contributed by atoms with van der Waals surface area (Å²) in [5.74, 6) is 0. The predicted octanol–water partition coefficient (Wildman–Crippen LogP) is 2.76. The Labute approximate surface area is 133 Å². The lowest BCUT2D eigenvalue weighted by Crippen LogP contribution is -2.32. The smallest absolute Gasteiger partial charge is 0.170 e. The SMILES string of the molecule is COCCN1C(=S)N[C@H](c2ccccn2)[C@@H]1c1cccs1. The van der Waals surface area contributed by atoms with E-state index in [1.54, 1.807) is 18.4 Å². The highest BCUT2D eigenvalue weighted by Crippen LogP contribution is 2.39. The number of nitrogens with zero attached hydrogens (tertiary/aromatic N) is 2. The maximum atomic E-state index is 5.52. The van der Waals surface area contributed by atoms with E-state index < -0.39 is 0 Å². The lowest BCUT2D eigenvalue weighted by molar-refractivity contribution is 0.164. The van der Waals surface area contributed by atoms with Gasteiger partial charge in [0.15, 0.2) is 5.11 Å². The van der Waals surface area contributed by atoms with Crippen molar-refractivity contribution in [2.45, 2.75) is 12.1 Å². The molecule has 2 atom stereocenters. The van der Waals surface area contributed by atoms with Gasteiger partial charge in [-0.05, 0) is 35.8 Å². The van der Waals surface area contributed by atoms with Crippen molar-refractivity contribution < 1.29 is 4.74 Å². The molecule has 6 heteroatoms. The highest BCUT2D eigenvalue weighted by atomic mass is 32.1. The second kappa shape index (κ2) is 6.51. The van der Waals surface area contributed by atoms with Crippen LogP contribution in [0.15, 0.2) is 41.9 Å². The quantitative estimate of drug-likeness (QED) is 0.858. The molecule has 1 aliphatic rings. The van der Waals surface area contributed by atoms with Gasteiger partial charge in [0.25, 0.3) is 0 Å². The van der Waals surface area contributed by atoms with Crippen LogP contribution in [0.4, 0.5) is 0 Å². The molecule has 1 N–H and O–H groups in total. The molecular weight excluding hydrogens is 302 g/mol. The molecule has 1 fully saturated rings. The van der Waals surface area contributed by atoms with E-state index in [4.69, 9.17) is 17.0 Å². The third-order valence-electron chi connectivity index (χ3n) is 3.57. The summed E-state index contributed by atoms with van der Waals surface area (Å²) < 4.78 is 5.22. The van der Waals surface area contributed by atoms with Crippen molar-refractivity contribution in [1.29, 1.82) is 0 Å². The number of nitrogens with one attached hydrogen (secondary N) is 1. The molecule has 3 rings (SSSR count). The van der Waals surface area contributed by atoms with Crippen LogP contribution < -0.4 is 5.32 Å². The molecule has 0 spiro atoms. The van der Waals surface area contributed by atoms with Crippen LogP contribution in [0.2, 0.25) is 0 Å². The van der Waals surface area contributed by atoms with Crippen molar-refractivity contribution in [3.63, 3.8) is 0 Å². The summed E-state index contributed by atoms with van der Waals surface area (Å²) in [6.07, 6.45) is 1.82. The molecule has 0 saturated carbocycles. The molecule has 1 aliphatic heterocycles. The van der Waals surface area contributed by atoms with E-state index in [0.717, 1.165) is 17.4 Å². The number of methoxy groups -OCH3 is 1. The average molecular weight is 319 g/mol. The maximum Gasteiger partial charge on any atom is 0.170 e. The monoisotopic (exact) mass is 319 g/mol. The second-order valence-electron chi connectivity index (χ2n) is 4.83. The van der Waals surface area contributed by atoms with Crippen LogP contribution in [0.5, 0.6) is 0 Å². The van der Waals surface area contributed by atoms with E-state index in [1.165, 1.54) is 4.88 Å². The summed E-state index contributed by atoms with van der Waals surface area (Å²) >= 11 is 7.27. The first kappa shape index (κ1) is 14.4. The zero-order chi connectivity index (χ0) is 14.7. The van der Waals surface area contributed by atoms with Gasteiger partial charge in [-0.15, -0.1) is 11.3 Å². The molecule has 0 aliphatic carbocycles. The van der Waals surface area contributed by atoms with E-state index in [1.807, 2.05) is 24.4 Å². The molecule has 2 aromatic rings. The molecule has 21 heavy (non-hydrogen) atoms. The summed E-state index contributed by atoms with van der Waals surface area (Å²) in [6, 6.07) is 10.5. The van der Waals surface area contributed by atoms with Crippen LogP contribution in [-0.2, 0) is 4.74 Å². The van der Waals surface area contributed by atoms with Crippen molar-refractivity contribution in [2.75, 3.05) is 20.3 Å². The fourth-order valence-corrected chi connectivity index (χ4v) is 3.81. The molecule has 0 amide bonds. The molecule has 3 heterocycles. The second-order valence-corrected chi connectivity index (χ2v) is 6.19. The lowest BCUT2D eigenvalue weighted by atomic mass is 10.0. The average Bonchev–Trinajstić information content (AvgIpc) is 3.13. The van der Waals surface area contributed by atoms with E-state index in [9.17, 15) is 0 Å². The van der Waals surface area contributed by atoms with Crippen molar-refractivity contribution in [3.8, 4) is 0 Å². The molecule has 1 saturated heterocycles. The Morgan fingerprint density at radius 1 is 1.38 bits per heavy atom. The van der Waals surface area contributed by atoms with E-state index in [0.29, 0.717) is 6.61 Å². The standard InChI is InChI=1S/C15H17N3OS2/c1-19-9-8-18-14(12-6-4-10-21-12)13(17-15(18)20)11-5-2-3-7-16-11/h2-7,10,13-14H,8-9H2,1H3,(H,17,20)/t13-,14+/m1/s1. The maximum absolute atomic E-state index is 5.52. The zero-order valence-electron chi connectivity index (χ0n) is 11.7. The first-order valence-electron chi connectivity index (χ1n) is 6.81. The molecule has 2 aromatic heterocycles. The van der Waals surface area contributed by atoms with Gasteiger partial charge in [0.1, 0.15) is 0 Å². The van der Waals surface area contributed by atoms with Crippen molar-refractivity contribution >= 4 is 28.7 Å². The minimum atomic E-state index is 0.0780. The Morgan fingerprint density at radius 2 is 2.29 bits per heavy atom. The van der Waals surface area contributed by atoms with Crippen LogP contribution in [-0.4, -0.2) is 35.3 Å². The first-order chi connectivity index (χ1) is 10.3. The Bertz CT molecular complexity index is 588. The van der Waals surface area contributed by atoms with Gasteiger partial charge in [0.05, 0.1) is 24.4 Å². The van der Waals surface area contributed by atoms with Crippen molar-refractivity contribution in [2.24, 2.45) is 0 Å². The van der Waals surface area contributed by atoms with E-state index in [2.05, 4.69) is 32.7 Å². The van der Waals surface area contributed by atoms with Crippen molar-refractivity contribution in [1.82, 2.24) is 15.2 Å². The molecule has 4 nitrogen and oxygen atoms in total. The normalized spacial score (nSPS) is 21.6. The molecule has 0 aromatic carbocycles. The van der Waals surface area contributed by atoms with Gasteiger partial charge in [-0.2, -0.15) is 0 Å². The van der Waals surface area contributed by atoms with Gasteiger partial charge in [-0.3, -0.25) is 4.98 Å². The van der Waals surface area contributed by atoms with Gasteiger partial charge < -0.3 is 15.0 Å². The number of aromatic nitrogens is 1. The van der Waals surface area contributed by atoms with Crippen LogP contribution in [0, 0.1) is 0 Å². The summed E-state index contributed by atoms with van der Waals surface area (Å²) in [7, 11) is 1.71. The number of thiophene rings is 1. The summed E-state index contributed by atoms with van der Waals surface area (Å²) in [4.78, 5) is 7.98. The van der Waals surface area contributed by atoms with Crippen LogP contribution in [0.3, 0.4) is 0 Å². The largest absolute Gasteiger partial charge is 0.383 e. The highest BCUT2D eigenvalue weighted by molar-refractivity contribution is 7.80. The molecule has 0 radical (unpaired) electrons. The van der Waals surface area contributed by atoms with Crippen LogP contribution in [0.1, 0.15) is 22.7 Å². The minimum absolute atomic E-state index is 0.0780. The van der Waals surface area contributed by atoms with Crippen molar-refractivity contribution in [3.05, 3.63) is 52.5 Å². The van der Waals surface area contributed by atoms with Gasteiger partial charge in [-0.25, -0.2) is 0 Å². The number of hydrogen-bond donors (Lipinski definition) is 1. The van der Waals surface area contributed by atoms with E-state index in [-0.39, 0.29) is 12.1 Å². The van der Waals surface area contributed by atoms with Crippen LogP contribution >= 0.6 is 23.6 Å².